The van der Waals surface area contributed by atoms with Crippen LogP contribution in [0.5, 0.6) is 0 Å². The van der Waals surface area contributed by atoms with Crippen LogP contribution in [-0.2, 0) is 0 Å². The highest BCUT2D eigenvalue weighted by Gasteiger charge is 2.18. The molecule has 0 spiro atoms. The second-order valence-electron chi connectivity index (χ2n) is 12.6. The van der Waals surface area contributed by atoms with Gasteiger partial charge in [-0.2, -0.15) is 0 Å². The molecule has 3 aromatic heterocycles. The minimum Gasteiger partial charge on any atom is -0.309 e. The van der Waals surface area contributed by atoms with Crippen LogP contribution in [0.15, 0.2) is 188 Å². The standard InChI is InChI=1S/C48H31N3/c1-2-13-32(14-3-1)33-15-12-16-34(29-33)49-45-23-10-6-19-39(45)41-31-36(26-27-47(41)49)51-46-24-11-7-20-40(46)42-30-35(25-28-48(42)51)50-43-21-8-4-17-37(43)38-18-5-9-22-44(38)50/h1-31H/i4D,5D,8D,9D,13D,14D,17D,18D,21D,22D. The smallest absolute Gasteiger partial charge is 0.0645 e. The molecule has 11 aromatic rings. The van der Waals surface area contributed by atoms with Gasteiger partial charge in [0.2, 0.25) is 0 Å². The van der Waals surface area contributed by atoms with Crippen molar-refractivity contribution in [1.82, 2.24) is 13.7 Å². The first-order valence-electron chi connectivity index (χ1n) is 21.7. The van der Waals surface area contributed by atoms with Crippen LogP contribution in [0.4, 0.5) is 0 Å². The van der Waals surface area contributed by atoms with E-state index in [4.69, 9.17) is 13.7 Å². The third-order valence-electron chi connectivity index (χ3n) is 9.90. The normalized spacial score (nSPS) is 14.7. The number of aromatic nitrogens is 3. The first-order chi connectivity index (χ1) is 29.5. The van der Waals surface area contributed by atoms with Crippen molar-refractivity contribution in [3.8, 4) is 28.2 Å². The Hall–Kier alpha value is -6.84. The zero-order chi connectivity index (χ0) is 42.2. The van der Waals surface area contributed by atoms with Gasteiger partial charge in [0.05, 0.1) is 46.8 Å². The van der Waals surface area contributed by atoms with E-state index >= 15 is 0 Å². The second-order valence-corrected chi connectivity index (χ2v) is 12.6. The summed E-state index contributed by atoms with van der Waals surface area (Å²) in [7, 11) is 0. The van der Waals surface area contributed by atoms with E-state index in [1.165, 1.54) is 0 Å². The molecule has 0 amide bonds. The Morgan fingerprint density at radius 3 is 1.37 bits per heavy atom. The van der Waals surface area contributed by atoms with Crippen LogP contribution in [0, 0.1) is 0 Å². The van der Waals surface area contributed by atoms with E-state index in [9.17, 15) is 0 Å². The molecule has 238 valence electrons. The first kappa shape index (κ1) is 20.0. The summed E-state index contributed by atoms with van der Waals surface area (Å²) >= 11 is 0. The Balaban J connectivity index is 1.15. The van der Waals surface area contributed by atoms with Crippen LogP contribution in [-0.4, -0.2) is 13.7 Å². The molecule has 3 nitrogen and oxygen atoms in total. The minimum absolute atomic E-state index is 0.0389. The van der Waals surface area contributed by atoms with E-state index in [1.807, 2.05) is 78.9 Å². The number of benzene rings is 8. The van der Waals surface area contributed by atoms with Gasteiger partial charge in [-0.05, 0) is 83.9 Å². The lowest BCUT2D eigenvalue weighted by molar-refractivity contribution is 1.16. The SMILES string of the molecule is [2H]c1cccc([2H])c1-c1cccc(-n2c3ccccc3c3cc(-n4c5ccccc5c5cc(-n6c7c([2H])c([2H])c([2H])c([2H])c7c7c([2H])c([2H])c([2H])c([2H])c76)ccc54)ccc32)c1. The van der Waals surface area contributed by atoms with Crippen molar-refractivity contribution in [1.29, 1.82) is 0 Å². The van der Waals surface area contributed by atoms with Crippen LogP contribution in [0.2, 0.25) is 0 Å². The molecule has 3 heterocycles. The summed E-state index contributed by atoms with van der Waals surface area (Å²) in [4.78, 5) is 0. The number of hydrogen-bond donors (Lipinski definition) is 0. The molecular weight excluding hydrogens is 619 g/mol. The first-order valence-corrected chi connectivity index (χ1v) is 16.7. The lowest BCUT2D eigenvalue weighted by atomic mass is 10.1. The summed E-state index contributed by atoms with van der Waals surface area (Å²) in [5.74, 6) is 0. The van der Waals surface area contributed by atoms with E-state index in [-0.39, 0.29) is 46.0 Å². The van der Waals surface area contributed by atoms with Crippen molar-refractivity contribution >= 4 is 65.4 Å². The molecule has 51 heavy (non-hydrogen) atoms. The fourth-order valence-corrected chi connectivity index (χ4v) is 7.76. The average Bonchev–Trinajstić information content (AvgIpc) is 3.92. The summed E-state index contributed by atoms with van der Waals surface area (Å²) in [5, 5.41) is 3.92. The van der Waals surface area contributed by atoms with Crippen molar-refractivity contribution in [2.45, 2.75) is 0 Å². The fraction of sp³-hybridized carbons (Fsp3) is 0. The van der Waals surface area contributed by atoms with Crippen LogP contribution >= 0.6 is 0 Å². The molecule has 0 aliphatic rings. The van der Waals surface area contributed by atoms with Crippen LogP contribution in [0.25, 0.3) is 93.6 Å². The van der Waals surface area contributed by atoms with Crippen LogP contribution in [0.3, 0.4) is 0 Å². The van der Waals surface area contributed by atoms with Gasteiger partial charge in [-0.1, -0.05) is 115 Å². The molecule has 0 atom stereocenters. The summed E-state index contributed by atoms with van der Waals surface area (Å²) < 4.78 is 92.8. The number of hydrogen-bond acceptors (Lipinski definition) is 0. The third kappa shape index (κ3) is 4.12. The van der Waals surface area contributed by atoms with Gasteiger partial charge in [-0.15, -0.1) is 0 Å². The Bertz CT molecular complexity index is 3630. The van der Waals surface area contributed by atoms with Gasteiger partial charge in [0.15, 0.2) is 0 Å². The second kappa shape index (κ2) is 10.8. The van der Waals surface area contributed by atoms with E-state index in [1.54, 1.807) is 22.8 Å². The lowest BCUT2D eigenvalue weighted by Crippen LogP contribution is -1.97. The number of nitrogens with zero attached hydrogens (tertiary/aromatic N) is 3. The summed E-state index contributed by atoms with van der Waals surface area (Å²) in [6.07, 6.45) is 0. The maximum atomic E-state index is 9.01. The molecule has 0 bridgehead atoms. The molecule has 11 rings (SSSR count). The molecular formula is C48H31N3. The molecule has 0 saturated carbocycles. The Labute approximate surface area is 308 Å². The van der Waals surface area contributed by atoms with Gasteiger partial charge < -0.3 is 13.7 Å². The van der Waals surface area contributed by atoms with E-state index in [0.717, 1.165) is 60.5 Å². The van der Waals surface area contributed by atoms with Gasteiger partial charge in [0.1, 0.15) is 0 Å². The zero-order valence-electron chi connectivity index (χ0n) is 37.0. The maximum absolute atomic E-state index is 9.01. The Morgan fingerprint density at radius 1 is 0.294 bits per heavy atom. The van der Waals surface area contributed by atoms with E-state index in [0.29, 0.717) is 23.3 Å². The molecule has 3 heteroatoms. The highest BCUT2D eigenvalue weighted by atomic mass is 15.0. The minimum atomic E-state index is -0.478. The van der Waals surface area contributed by atoms with Gasteiger partial charge >= 0.3 is 0 Å². The van der Waals surface area contributed by atoms with Crippen molar-refractivity contribution < 1.29 is 13.7 Å². The largest absolute Gasteiger partial charge is 0.309 e. The van der Waals surface area contributed by atoms with Crippen molar-refractivity contribution in [3.63, 3.8) is 0 Å². The van der Waals surface area contributed by atoms with Gasteiger partial charge in [0.25, 0.3) is 0 Å². The highest BCUT2D eigenvalue weighted by Crippen LogP contribution is 2.39. The quantitative estimate of drug-likeness (QED) is 0.179. The van der Waals surface area contributed by atoms with Gasteiger partial charge in [-0.3, -0.25) is 0 Å². The van der Waals surface area contributed by atoms with Crippen LogP contribution < -0.4 is 0 Å². The predicted molar refractivity (Wildman–Crippen MR) is 215 cm³/mol. The molecule has 0 saturated heterocycles. The molecule has 0 aliphatic carbocycles. The van der Waals surface area contributed by atoms with Crippen molar-refractivity contribution in [2.75, 3.05) is 0 Å². The van der Waals surface area contributed by atoms with E-state index < -0.39 is 24.2 Å². The number of para-hydroxylation sites is 4. The zero-order valence-corrected chi connectivity index (χ0v) is 27.0. The van der Waals surface area contributed by atoms with Crippen LogP contribution in [0.1, 0.15) is 13.7 Å². The van der Waals surface area contributed by atoms with Gasteiger partial charge in [0, 0.05) is 49.4 Å². The summed E-state index contributed by atoms with van der Waals surface area (Å²) in [5.41, 5.74) is 7.60. The summed E-state index contributed by atoms with van der Waals surface area (Å²) in [6, 6.07) is 38.7. The Kier molecular flexibility index (Phi) is 4.24. The number of rotatable bonds is 4. The van der Waals surface area contributed by atoms with Crippen molar-refractivity contribution in [2.24, 2.45) is 0 Å². The topological polar surface area (TPSA) is 14.8 Å². The molecule has 0 radical (unpaired) electrons. The summed E-state index contributed by atoms with van der Waals surface area (Å²) in [6.45, 7) is 0. The Morgan fingerprint density at radius 2 is 0.784 bits per heavy atom. The molecule has 0 unspecified atom stereocenters. The van der Waals surface area contributed by atoms with Crippen molar-refractivity contribution in [3.05, 3.63) is 188 Å². The maximum Gasteiger partial charge on any atom is 0.0645 e. The molecule has 0 fully saturated rings. The van der Waals surface area contributed by atoms with E-state index in [2.05, 4.69) is 39.5 Å². The third-order valence-corrected chi connectivity index (χ3v) is 9.90. The molecule has 0 N–H and O–H groups in total. The molecule has 0 aliphatic heterocycles. The monoisotopic (exact) mass is 659 g/mol. The average molecular weight is 660 g/mol. The fourth-order valence-electron chi connectivity index (χ4n) is 7.76. The lowest BCUT2D eigenvalue weighted by Gasteiger charge is -2.12. The van der Waals surface area contributed by atoms with Gasteiger partial charge in [-0.25, -0.2) is 0 Å². The predicted octanol–water partition coefficient (Wildman–Crippen LogP) is 12.6. The highest BCUT2D eigenvalue weighted by molar-refractivity contribution is 6.14. The number of fused-ring (bicyclic) bond motifs is 9. The molecule has 8 aromatic carbocycles.